The minimum Gasteiger partial charge on any atom is -0.316 e. The first-order valence-electron chi connectivity index (χ1n) is 6.48. The number of sulfonamides is 1. The first kappa shape index (κ1) is 15.9. The molecule has 4 nitrogen and oxygen atoms in total. The topological polar surface area (TPSA) is 58.2 Å². The Morgan fingerprint density at radius 1 is 1.50 bits per heavy atom. The number of hydrogen-bond donors (Lipinski definition) is 2. The Balaban J connectivity index is 2.11. The average Bonchev–Trinajstić information content (AvgIpc) is 2.37. The fraction of sp³-hybridized carbons (Fsp3) is 0.538. The van der Waals surface area contributed by atoms with Crippen LogP contribution in [0.25, 0.3) is 0 Å². The minimum absolute atomic E-state index is 0.128. The molecular weight excluding hydrogens is 347 g/mol. The SMILES string of the molecule is CC1(CNS(=O)(=O)c2ccc(Br)cc2F)CCCNC1. The Morgan fingerprint density at radius 2 is 2.25 bits per heavy atom. The molecule has 20 heavy (non-hydrogen) atoms. The average molecular weight is 365 g/mol. The summed E-state index contributed by atoms with van der Waals surface area (Å²) in [6, 6.07) is 3.93. The van der Waals surface area contributed by atoms with E-state index < -0.39 is 15.8 Å². The predicted octanol–water partition coefficient (Wildman–Crippen LogP) is 2.26. The molecule has 0 aliphatic carbocycles. The van der Waals surface area contributed by atoms with Crippen LogP contribution in [0.15, 0.2) is 27.6 Å². The van der Waals surface area contributed by atoms with Gasteiger partial charge >= 0.3 is 0 Å². The van der Waals surface area contributed by atoms with Crippen LogP contribution in [0.3, 0.4) is 0 Å². The van der Waals surface area contributed by atoms with Gasteiger partial charge in [0.05, 0.1) is 0 Å². The molecule has 0 aromatic heterocycles. The summed E-state index contributed by atoms with van der Waals surface area (Å²) in [6.07, 6.45) is 1.97. The Kier molecular flexibility index (Phi) is 4.84. The van der Waals surface area contributed by atoms with Crippen LogP contribution in [0.5, 0.6) is 0 Å². The molecule has 0 spiro atoms. The van der Waals surface area contributed by atoms with Crippen LogP contribution >= 0.6 is 15.9 Å². The summed E-state index contributed by atoms with van der Waals surface area (Å²) >= 11 is 3.11. The van der Waals surface area contributed by atoms with Gasteiger partial charge < -0.3 is 5.32 Å². The molecule has 1 saturated heterocycles. The molecular formula is C13H18BrFN2O2S. The standard InChI is InChI=1S/C13H18BrFN2O2S/c1-13(5-2-6-16-8-13)9-17-20(18,19)12-4-3-10(14)7-11(12)15/h3-4,7,16-17H,2,5-6,8-9H2,1H3. The van der Waals surface area contributed by atoms with Crippen LogP contribution in [-0.2, 0) is 10.0 Å². The third-order valence-corrected chi connectivity index (χ3v) is 5.49. The zero-order valence-corrected chi connectivity index (χ0v) is 13.7. The van der Waals surface area contributed by atoms with Crippen molar-refractivity contribution < 1.29 is 12.8 Å². The molecule has 1 heterocycles. The highest BCUT2D eigenvalue weighted by atomic mass is 79.9. The van der Waals surface area contributed by atoms with Gasteiger partial charge in [-0.15, -0.1) is 0 Å². The first-order chi connectivity index (χ1) is 9.32. The molecule has 2 N–H and O–H groups in total. The molecule has 1 fully saturated rings. The zero-order valence-electron chi connectivity index (χ0n) is 11.2. The molecule has 0 bridgehead atoms. The molecule has 1 aromatic carbocycles. The van der Waals surface area contributed by atoms with E-state index in [9.17, 15) is 12.8 Å². The third kappa shape index (κ3) is 3.78. The summed E-state index contributed by atoms with van der Waals surface area (Å²) in [5, 5.41) is 3.26. The van der Waals surface area contributed by atoms with Gasteiger partial charge in [-0.05, 0) is 43.0 Å². The first-order valence-corrected chi connectivity index (χ1v) is 8.76. The fourth-order valence-corrected chi connectivity index (χ4v) is 3.90. The Hall–Kier alpha value is -0.500. The Labute approximate surface area is 127 Å². The fourth-order valence-electron chi connectivity index (χ4n) is 2.31. The lowest BCUT2D eigenvalue weighted by Crippen LogP contribution is -2.45. The van der Waals surface area contributed by atoms with Gasteiger partial charge in [0.1, 0.15) is 10.7 Å². The quantitative estimate of drug-likeness (QED) is 0.861. The highest BCUT2D eigenvalue weighted by molar-refractivity contribution is 9.10. The van der Waals surface area contributed by atoms with Crippen molar-refractivity contribution in [2.24, 2.45) is 5.41 Å². The van der Waals surface area contributed by atoms with Crippen molar-refractivity contribution in [3.8, 4) is 0 Å². The maximum Gasteiger partial charge on any atom is 0.243 e. The summed E-state index contributed by atoms with van der Waals surface area (Å²) in [5.74, 6) is -0.751. The van der Waals surface area contributed by atoms with E-state index in [0.717, 1.165) is 32.0 Å². The zero-order chi connectivity index (χ0) is 14.8. The van der Waals surface area contributed by atoms with E-state index in [-0.39, 0.29) is 10.3 Å². The van der Waals surface area contributed by atoms with Crippen molar-refractivity contribution in [3.05, 3.63) is 28.5 Å². The van der Waals surface area contributed by atoms with Crippen LogP contribution < -0.4 is 10.0 Å². The second-order valence-electron chi connectivity index (χ2n) is 5.49. The molecule has 112 valence electrons. The molecule has 1 aromatic rings. The van der Waals surface area contributed by atoms with Gasteiger partial charge in [0.15, 0.2) is 0 Å². The van der Waals surface area contributed by atoms with Crippen molar-refractivity contribution >= 4 is 26.0 Å². The normalized spacial score (nSPS) is 23.8. The molecule has 0 amide bonds. The van der Waals surface area contributed by atoms with Crippen LogP contribution in [0.4, 0.5) is 4.39 Å². The molecule has 2 rings (SSSR count). The Morgan fingerprint density at radius 3 is 2.85 bits per heavy atom. The summed E-state index contributed by atoms with van der Waals surface area (Å²) in [5.41, 5.74) is -0.128. The van der Waals surface area contributed by atoms with Gasteiger partial charge in [-0.3, -0.25) is 0 Å². The minimum atomic E-state index is -3.82. The summed E-state index contributed by atoms with van der Waals surface area (Å²) < 4.78 is 41.1. The maximum atomic E-state index is 13.7. The predicted molar refractivity (Wildman–Crippen MR) is 79.5 cm³/mol. The molecule has 1 unspecified atom stereocenters. The molecule has 1 aliphatic heterocycles. The Bertz CT molecular complexity index is 586. The highest BCUT2D eigenvalue weighted by Crippen LogP contribution is 2.25. The molecule has 7 heteroatoms. The van der Waals surface area contributed by atoms with Crippen LogP contribution in [0, 0.1) is 11.2 Å². The van der Waals surface area contributed by atoms with Crippen molar-refractivity contribution in [3.63, 3.8) is 0 Å². The van der Waals surface area contributed by atoms with E-state index in [0.29, 0.717) is 11.0 Å². The molecule has 1 aliphatic rings. The lowest BCUT2D eigenvalue weighted by molar-refractivity contribution is 0.238. The van der Waals surface area contributed by atoms with Gasteiger partial charge in [0, 0.05) is 17.6 Å². The summed E-state index contributed by atoms with van der Waals surface area (Å²) in [6.45, 7) is 4.06. The van der Waals surface area contributed by atoms with Gasteiger partial charge in [-0.1, -0.05) is 22.9 Å². The lowest BCUT2D eigenvalue weighted by Gasteiger charge is -2.34. The van der Waals surface area contributed by atoms with Crippen LogP contribution in [0.1, 0.15) is 19.8 Å². The number of halogens is 2. The molecule has 0 radical (unpaired) electrons. The van der Waals surface area contributed by atoms with Crippen LogP contribution in [-0.4, -0.2) is 28.1 Å². The molecule has 0 saturated carbocycles. The monoisotopic (exact) mass is 364 g/mol. The maximum absolute atomic E-state index is 13.7. The largest absolute Gasteiger partial charge is 0.316 e. The smallest absolute Gasteiger partial charge is 0.243 e. The number of rotatable bonds is 4. The van der Waals surface area contributed by atoms with Crippen molar-refractivity contribution in [2.75, 3.05) is 19.6 Å². The summed E-state index contributed by atoms with van der Waals surface area (Å²) in [4.78, 5) is -0.312. The third-order valence-electron chi connectivity index (χ3n) is 3.56. The second-order valence-corrected chi connectivity index (χ2v) is 8.14. The van der Waals surface area contributed by atoms with Gasteiger partial charge in [0.2, 0.25) is 10.0 Å². The second kappa shape index (κ2) is 6.09. The number of benzene rings is 1. The number of piperidine rings is 1. The van der Waals surface area contributed by atoms with Crippen molar-refractivity contribution in [2.45, 2.75) is 24.7 Å². The van der Waals surface area contributed by atoms with E-state index in [1.807, 2.05) is 6.92 Å². The highest BCUT2D eigenvalue weighted by Gasteiger charge is 2.29. The van der Waals surface area contributed by atoms with Crippen molar-refractivity contribution in [1.82, 2.24) is 10.0 Å². The van der Waals surface area contributed by atoms with Gasteiger partial charge in [0.25, 0.3) is 0 Å². The van der Waals surface area contributed by atoms with E-state index in [2.05, 4.69) is 26.0 Å². The van der Waals surface area contributed by atoms with Crippen LogP contribution in [0.2, 0.25) is 0 Å². The van der Waals surface area contributed by atoms with Gasteiger partial charge in [-0.2, -0.15) is 0 Å². The summed E-state index contributed by atoms with van der Waals surface area (Å²) in [7, 11) is -3.82. The number of hydrogen-bond acceptors (Lipinski definition) is 3. The lowest BCUT2D eigenvalue weighted by atomic mass is 9.83. The molecule has 1 atom stereocenters. The van der Waals surface area contributed by atoms with E-state index in [1.54, 1.807) is 0 Å². The van der Waals surface area contributed by atoms with E-state index >= 15 is 0 Å². The number of nitrogens with one attached hydrogen (secondary N) is 2. The van der Waals surface area contributed by atoms with Gasteiger partial charge in [-0.25, -0.2) is 17.5 Å². The van der Waals surface area contributed by atoms with Crippen molar-refractivity contribution in [1.29, 1.82) is 0 Å². The van der Waals surface area contributed by atoms with E-state index in [4.69, 9.17) is 0 Å². The van der Waals surface area contributed by atoms with E-state index in [1.165, 1.54) is 12.1 Å².